The molecule has 2 aromatic carbocycles. The van der Waals surface area contributed by atoms with E-state index < -0.39 is 40.9 Å². The molecule has 1 atom stereocenters. The van der Waals surface area contributed by atoms with E-state index in [2.05, 4.69) is 29.7 Å². The Morgan fingerprint density at radius 3 is 2.29 bits per heavy atom. The van der Waals surface area contributed by atoms with E-state index in [0.717, 1.165) is 18.2 Å². The molecule has 0 amide bonds. The number of esters is 1. The number of carbonyl (C=O) groups excluding carboxylic acids is 1. The number of nitrogens with one attached hydrogen (secondary N) is 1. The van der Waals surface area contributed by atoms with Crippen LogP contribution in [0.1, 0.15) is 21.6 Å². The van der Waals surface area contributed by atoms with E-state index in [9.17, 15) is 35.3 Å². The molecule has 1 aliphatic heterocycles. The van der Waals surface area contributed by atoms with E-state index in [1.165, 1.54) is 48.1 Å². The molecule has 1 aliphatic rings. The van der Waals surface area contributed by atoms with Gasteiger partial charge in [0.05, 0.1) is 35.5 Å². The number of anilines is 3. The highest BCUT2D eigenvalue weighted by atomic mass is 32.2. The van der Waals surface area contributed by atoms with Crippen LogP contribution in [0.15, 0.2) is 71.9 Å². The Morgan fingerprint density at radius 1 is 0.976 bits per heavy atom. The summed E-state index contributed by atoms with van der Waals surface area (Å²) in [5.41, 5.74) is -0.168. The zero-order chi connectivity index (χ0) is 30.2. The molecule has 2 aromatic heterocycles. The van der Waals surface area contributed by atoms with Crippen LogP contribution in [0.5, 0.6) is 5.75 Å². The summed E-state index contributed by atoms with van der Waals surface area (Å²) in [5, 5.41) is 2.87. The summed E-state index contributed by atoms with van der Waals surface area (Å²) < 4.78 is 102. The SMILES string of the molecule is COC(=O)c1cnc(-c2cccc3c2N(S(=O)c2ccc(OC(F)(F)F)cc2)Cc2ccc(C(F)(F)F)nc2N3)nc1. The van der Waals surface area contributed by atoms with Crippen molar-refractivity contribution >= 4 is 34.1 Å². The fourth-order valence-corrected chi connectivity index (χ4v) is 5.30. The molecule has 0 radical (unpaired) electrons. The van der Waals surface area contributed by atoms with Crippen molar-refractivity contribution in [1.29, 1.82) is 0 Å². The van der Waals surface area contributed by atoms with Crippen LogP contribution in [0, 0.1) is 0 Å². The normalized spacial score (nSPS) is 13.7. The van der Waals surface area contributed by atoms with Crippen LogP contribution in [0.2, 0.25) is 0 Å². The Bertz CT molecular complexity index is 1660. The number of nitrogens with zero attached hydrogens (tertiary/aromatic N) is 4. The van der Waals surface area contributed by atoms with Gasteiger partial charge in [-0.05, 0) is 42.5 Å². The predicted octanol–water partition coefficient (Wildman–Crippen LogP) is 6.03. The van der Waals surface area contributed by atoms with E-state index in [0.29, 0.717) is 0 Å². The number of pyridine rings is 1. The number of rotatable bonds is 5. The van der Waals surface area contributed by atoms with Gasteiger partial charge in [0.15, 0.2) is 16.8 Å². The molecule has 9 nitrogen and oxygen atoms in total. The molecular weight excluding hydrogens is 592 g/mol. The Morgan fingerprint density at radius 2 is 1.67 bits per heavy atom. The third kappa shape index (κ3) is 5.97. The van der Waals surface area contributed by atoms with Gasteiger partial charge in [-0.2, -0.15) is 13.2 Å². The van der Waals surface area contributed by atoms with Crippen LogP contribution in [0.25, 0.3) is 11.4 Å². The lowest BCUT2D eigenvalue weighted by Crippen LogP contribution is -2.26. The molecular formula is C26H17F6N5O4S. The Hall–Kier alpha value is -4.73. The first-order valence-electron chi connectivity index (χ1n) is 11.8. The second-order valence-corrected chi connectivity index (χ2v) is 10.0. The fourth-order valence-electron chi connectivity index (χ4n) is 4.05. The Labute approximate surface area is 235 Å². The minimum absolute atomic E-state index is 0.0549. The number of halogens is 6. The number of hydrogen-bond acceptors (Lipinski definition) is 8. The van der Waals surface area contributed by atoms with Crippen LogP contribution in [-0.2, 0) is 28.4 Å². The summed E-state index contributed by atoms with van der Waals surface area (Å²) in [4.78, 5) is 24.1. The molecule has 0 fully saturated rings. The molecule has 0 spiro atoms. The molecule has 3 heterocycles. The van der Waals surface area contributed by atoms with Crippen LogP contribution in [-0.4, -0.2) is 38.6 Å². The molecule has 0 aliphatic carbocycles. The Kier molecular flexibility index (Phi) is 7.49. The Balaban J connectivity index is 1.63. The molecule has 1 unspecified atom stereocenters. The largest absolute Gasteiger partial charge is 0.573 e. The first-order chi connectivity index (χ1) is 19.8. The van der Waals surface area contributed by atoms with E-state index >= 15 is 0 Å². The monoisotopic (exact) mass is 609 g/mol. The second-order valence-electron chi connectivity index (χ2n) is 8.62. The standard InChI is InChI=1S/C26H17F6N5O4S/c1-40-24(38)15-11-33-23(34-12-15)18-3-2-4-19-21(18)37(13-14-5-10-20(25(27,28)29)36-22(14)35-19)42(39)17-8-6-16(7-9-17)41-26(30,31)32/h2-12H,13H2,1H3,(H,35,36). The molecule has 0 bridgehead atoms. The first kappa shape index (κ1) is 28.8. The molecule has 16 heteroatoms. The summed E-state index contributed by atoms with van der Waals surface area (Å²) in [6, 6.07) is 10.9. The highest BCUT2D eigenvalue weighted by Crippen LogP contribution is 2.43. The van der Waals surface area contributed by atoms with Crippen molar-refractivity contribution < 1.29 is 44.8 Å². The molecule has 1 N–H and O–H groups in total. The van der Waals surface area contributed by atoms with Gasteiger partial charge < -0.3 is 14.8 Å². The number of methoxy groups -OCH3 is 1. The van der Waals surface area contributed by atoms with Crippen molar-refractivity contribution in [3.8, 4) is 17.1 Å². The summed E-state index contributed by atoms with van der Waals surface area (Å²) in [5.74, 6) is -1.28. The summed E-state index contributed by atoms with van der Waals surface area (Å²) in [7, 11) is -0.939. The van der Waals surface area contributed by atoms with Crippen LogP contribution < -0.4 is 14.4 Å². The minimum Gasteiger partial charge on any atom is -0.465 e. The van der Waals surface area contributed by atoms with Crippen molar-refractivity contribution in [2.24, 2.45) is 0 Å². The number of para-hydroxylation sites is 1. The number of hydrogen-bond donors (Lipinski definition) is 1. The van der Waals surface area contributed by atoms with Crippen LogP contribution in [0.4, 0.5) is 43.5 Å². The van der Waals surface area contributed by atoms with Gasteiger partial charge in [-0.1, -0.05) is 12.1 Å². The van der Waals surface area contributed by atoms with Crippen LogP contribution >= 0.6 is 0 Å². The van der Waals surface area contributed by atoms with Crippen molar-refractivity contribution in [3.63, 3.8) is 0 Å². The smallest absolute Gasteiger partial charge is 0.465 e. The number of benzene rings is 2. The second kappa shape index (κ2) is 10.9. The summed E-state index contributed by atoms with van der Waals surface area (Å²) in [6.07, 6.45) is -7.24. The van der Waals surface area contributed by atoms with Gasteiger partial charge in [0.1, 0.15) is 17.3 Å². The molecule has 4 aromatic rings. The lowest BCUT2D eigenvalue weighted by Gasteiger charge is -2.25. The zero-order valence-electron chi connectivity index (χ0n) is 21.2. The van der Waals surface area contributed by atoms with Crippen molar-refractivity contribution in [1.82, 2.24) is 15.0 Å². The van der Waals surface area contributed by atoms with Crippen molar-refractivity contribution in [2.45, 2.75) is 24.0 Å². The van der Waals surface area contributed by atoms with Gasteiger partial charge >= 0.3 is 18.5 Å². The molecule has 5 rings (SSSR count). The lowest BCUT2D eigenvalue weighted by atomic mass is 10.1. The lowest BCUT2D eigenvalue weighted by molar-refractivity contribution is -0.274. The highest BCUT2D eigenvalue weighted by Gasteiger charge is 2.35. The van der Waals surface area contributed by atoms with E-state index in [1.54, 1.807) is 12.1 Å². The quantitative estimate of drug-likeness (QED) is 0.216. The van der Waals surface area contributed by atoms with Gasteiger partial charge in [0, 0.05) is 23.5 Å². The fraction of sp³-hybridized carbons (Fsp3) is 0.154. The van der Waals surface area contributed by atoms with Gasteiger partial charge in [-0.3, -0.25) is 4.31 Å². The van der Waals surface area contributed by atoms with Gasteiger partial charge in [0.2, 0.25) is 0 Å². The van der Waals surface area contributed by atoms with Gasteiger partial charge in [0.25, 0.3) is 0 Å². The first-order valence-corrected chi connectivity index (χ1v) is 12.9. The average molecular weight is 610 g/mol. The molecule has 0 saturated carbocycles. The van der Waals surface area contributed by atoms with E-state index in [4.69, 9.17) is 0 Å². The van der Waals surface area contributed by atoms with Crippen molar-refractivity contribution in [2.75, 3.05) is 16.7 Å². The number of fused-ring (bicyclic) bond motifs is 2. The minimum atomic E-state index is -4.93. The number of alkyl halides is 6. The van der Waals surface area contributed by atoms with Gasteiger partial charge in [-0.15, -0.1) is 13.2 Å². The number of carbonyl (C=O) groups is 1. The predicted molar refractivity (Wildman–Crippen MR) is 137 cm³/mol. The number of ether oxygens (including phenoxy) is 2. The zero-order valence-corrected chi connectivity index (χ0v) is 22.0. The number of aromatic nitrogens is 3. The molecule has 0 saturated heterocycles. The molecule has 218 valence electrons. The van der Waals surface area contributed by atoms with E-state index in [-0.39, 0.29) is 51.1 Å². The maximum Gasteiger partial charge on any atom is 0.573 e. The summed E-state index contributed by atoms with van der Waals surface area (Å²) in [6.45, 7) is -0.231. The van der Waals surface area contributed by atoms with Crippen LogP contribution in [0.3, 0.4) is 0 Å². The maximum absolute atomic E-state index is 14.0. The highest BCUT2D eigenvalue weighted by molar-refractivity contribution is 7.86. The van der Waals surface area contributed by atoms with E-state index in [1.807, 2.05) is 0 Å². The maximum atomic E-state index is 14.0. The third-order valence-corrected chi connectivity index (χ3v) is 7.28. The topological polar surface area (TPSA) is 107 Å². The third-order valence-electron chi connectivity index (χ3n) is 5.89. The van der Waals surface area contributed by atoms with Gasteiger partial charge in [-0.25, -0.2) is 24.0 Å². The molecule has 42 heavy (non-hydrogen) atoms. The summed E-state index contributed by atoms with van der Waals surface area (Å²) >= 11 is 0. The average Bonchev–Trinajstić information content (AvgIpc) is 3.12. The van der Waals surface area contributed by atoms with Crippen molar-refractivity contribution in [3.05, 3.63) is 83.8 Å².